The molecular formula is C17H22N2O2. The Hall–Kier alpha value is -2.07. The lowest BCUT2D eigenvalue weighted by Crippen LogP contribution is -2.45. The van der Waals surface area contributed by atoms with E-state index in [1.807, 2.05) is 44.2 Å². The second-order valence-electron chi connectivity index (χ2n) is 5.50. The summed E-state index contributed by atoms with van der Waals surface area (Å²) in [7, 11) is 0. The lowest BCUT2D eigenvalue weighted by Gasteiger charge is -2.33. The van der Waals surface area contributed by atoms with Gasteiger partial charge in [0.2, 0.25) is 0 Å². The fraction of sp³-hybridized carbons (Fsp3) is 0.353. The molecule has 4 heteroatoms. The van der Waals surface area contributed by atoms with Crippen LogP contribution >= 0.6 is 0 Å². The van der Waals surface area contributed by atoms with Crippen LogP contribution in [0.15, 0.2) is 48.7 Å². The highest BCUT2D eigenvalue weighted by Gasteiger charge is 2.27. The Kier molecular flexibility index (Phi) is 5.17. The van der Waals surface area contributed by atoms with E-state index in [-0.39, 0.29) is 24.5 Å². The topological polar surface area (TPSA) is 56.3 Å². The van der Waals surface area contributed by atoms with Gasteiger partial charge in [0.1, 0.15) is 5.69 Å². The number of amides is 1. The Balaban J connectivity index is 2.27. The van der Waals surface area contributed by atoms with Crippen LogP contribution in [0.1, 0.15) is 29.9 Å². The summed E-state index contributed by atoms with van der Waals surface area (Å²) in [4.78, 5) is 17.4. The minimum Gasteiger partial charge on any atom is -0.394 e. The number of carbonyl (C=O) groups excluding carboxylic acids is 1. The van der Waals surface area contributed by atoms with Crippen LogP contribution in [0.4, 0.5) is 0 Å². The minimum absolute atomic E-state index is 0.0447. The van der Waals surface area contributed by atoms with Crippen molar-refractivity contribution in [3.63, 3.8) is 0 Å². The highest BCUT2D eigenvalue weighted by Crippen LogP contribution is 2.17. The Morgan fingerprint density at radius 2 is 1.90 bits per heavy atom. The maximum atomic E-state index is 12.7. The van der Waals surface area contributed by atoms with Gasteiger partial charge in [0.25, 0.3) is 5.91 Å². The maximum absolute atomic E-state index is 12.7. The number of rotatable bonds is 6. The van der Waals surface area contributed by atoms with Gasteiger partial charge in [-0.05, 0) is 23.6 Å². The van der Waals surface area contributed by atoms with Gasteiger partial charge in [0, 0.05) is 12.7 Å². The molecule has 0 aliphatic carbocycles. The minimum atomic E-state index is -0.207. The lowest BCUT2D eigenvalue weighted by molar-refractivity contribution is 0.0477. The zero-order valence-corrected chi connectivity index (χ0v) is 12.5. The molecule has 1 aromatic heterocycles. The Labute approximate surface area is 125 Å². The normalized spacial score (nSPS) is 12.4. The molecular weight excluding hydrogens is 264 g/mol. The third kappa shape index (κ3) is 3.73. The molecule has 2 aromatic rings. The second kappa shape index (κ2) is 7.09. The monoisotopic (exact) mass is 286 g/mol. The van der Waals surface area contributed by atoms with Crippen LogP contribution in [0, 0.1) is 5.92 Å². The van der Waals surface area contributed by atoms with Crippen LogP contribution in [0.5, 0.6) is 0 Å². The molecule has 0 aliphatic heterocycles. The van der Waals surface area contributed by atoms with E-state index < -0.39 is 0 Å². The number of aromatic amines is 1. The van der Waals surface area contributed by atoms with E-state index in [9.17, 15) is 9.90 Å². The first-order valence-corrected chi connectivity index (χ1v) is 7.22. The Morgan fingerprint density at radius 1 is 1.19 bits per heavy atom. The van der Waals surface area contributed by atoms with Gasteiger partial charge in [0.15, 0.2) is 0 Å². The molecule has 1 atom stereocenters. The summed E-state index contributed by atoms with van der Waals surface area (Å²) in [6, 6.07) is 13.2. The summed E-state index contributed by atoms with van der Waals surface area (Å²) < 4.78 is 0. The van der Waals surface area contributed by atoms with Crippen LogP contribution < -0.4 is 0 Å². The number of hydrogen-bond acceptors (Lipinski definition) is 2. The van der Waals surface area contributed by atoms with Crippen molar-refractivity contribution in [3.8, 4) is 0 Å². The Morgan fingerprint density at radius 3 is 2.43 bits per heavy atom. The number of nitrogens with one attached hydrogen (secondary N) is 1. The quantitative estimate of drug-likeness (QED) is 0.857. The van der Waals surface area contributed by atoms with Gasteiger partial charge >= 0.3 is 0 Å². The van der Waals surface area contributed by atoms with Gasteiger partial charge in [0.05, 0.1) is 12.6 Å². The van der Waals surface area contributed by atoms with Crippen molar-refractivity contribution in [2.45, 2.75) is 26.4 Å². The van der Waals surface area contributed by atoms with Crippen molar-refractivity contribution in [1.82, 2.24) is 9.88 Å². The number of hydrogen-bond donors (Lipinski definition) is 2. The first kappa shape index (κ1) is 15.3. The molecule has 4 nitrogen and oxygen atoms in total. The van der Waals surface area contributed by atoms with Crippen molar-refractivity contribution in [1.29, 1.82) is 0 Å². The molecule has 112 valence electrons. The van der Waals surface area contributed by atoms with E-state index in [0.717, 1.165) is 5.56 Å². The van der Waals surface area contributed by atoms with Gasteiger partial charge in [-0.25, -0.2) is 0 Å². The number of aliphatic hydroxyl groups is 1. The molecule has 0 spiro atoms. The zero-order chi connectivity index (χ0) is 15.2. The number of nitrogens with zero attached hydrogens (tertiary/aromatic N) is 1. The number of carbonyl (C=O) groups is 1. The van der Waals surface area contributed by atoms with Crippen LogP contribution in [0.3, 0.4) is 0 Å². The van der Waals surface area contributed by atoms with Gasteiger partial charge in [-0.3, -0.25) is 4.79 Å². The molecule has 1 amide bonds. The molecule has 0 aliphatic rings. The summed E-state index contributed by atoms with van der Waals surface area (Å²) >= 11 is 0. The molecule has 2 rings (SSSR count). The van der Waals surface area contributed by atoms with Crippen LogP contribution in [0.25, 0.3) is 0 Å². The number of H-pyrrole nitrogens is 1. The summed E-state index contributed by atoms with van der Waals surface area (Å²) in [5, 5.41) is 9.69. The van der Waals surface area contributed by atoms with E-state index in [1.165, 1.54) is 0 Å². The molecule has 21 heavy (non-hydrogen) atoms. The second-order valence-corrected chi connectivity index (χ2v) is 5.50. The van der Waals surface area contributed by atoms with E-state index in [2.05, 4.69) is 4.98 Å². The smallest absolute Gasteiger partial charge is 0.270 e. The van der Waals surface area contributed by atoms with Crippen molar-refractivity contribution < 1.29 is 9.90 Å². The predicted molar refractivity (Wildman–Crippen MR) is 82.8 cm³/mol. The molecule has 1 unspecified atom stereocenters. The van der Waals surface area contributed by atoms with Crippen molar-refractivity contribution in [2.24, 2.45) is 5.92 Å². The van der Waals surface area contributed by atoms with Crippen molar-refractivity contribution >= 4 is 5.91 Å². The van der Waals surface area contributed by atoms with E-state index in [4.69, 9.17) is 0 Å². The molecule has 0 saturated heterocycles. The maximum Gasteiger partial charge on any atom is 0.270 e. The third-order valence-corrected chi connectivity index (χ3v) is 3.64. The molecule has 0 fully saturated rings. The summed E-state index contributed by atoms with van der Waals surface area (Å²) in [5.41, 5.74) is 1.60. The van der Waals surface area contributed by atoms with Gasteiger partial charge in [-0.15, -0.1) is 0 Å². The predicted octanol–water partition coefficient (Wildman–Crippen LogP) is 2.67. The van der Waals surface area contributed by atoms with E-state index in [0.29, 0.717) is 12.2 Å². The van der Waals surface area contributed by atoms with Gasteiger partial charge in [-0.1, -0.05) is 44.2 Å². The van der Waals surface area contributed by atoms with Crippen LogP contribution in [-0.2, 0) is 6.54 Å². The molecule has 1 heterocycles. The van der Waals surface area contributed by atoms with Crippen LogP contribution in [-0.4, -0.2) is 33.5 Å². The fourth-order valence-electron chi connectivity index (χ4n) is 2.41. The number of benzene rings is 1. The molecule has 0 saturated carbocycles. The average Bonchev–Trinajstić information content (AvgIpc) is 3.01. The number of aromatic nitrogens is 1. The Bertz CT molecular complexity index is 549. The standard InChI is InChI=1S/C17H22N2O2/c1-13(2)16(12-20)19(11-14-7-4-3-5-8-14)17(21)15-9-6-10-18-15/h3-10,13,16,18,20H,11-12H2,1-2H3. The molecule has 1 aromatic carbocycles. The van der Waals surface area contributed by atoms with Gasteiger partial charge < -0.3 is 15.0 Å². The van der Waals surface area contributed by atoms with Crippen molar-refractivity contribution in [3.05, 3.63) is 59.9 Å². The first-order chi connectivity index (χ1) is 10.1. The largest absolute Gasteiger partial charge is 0.394 e. The highest BCUT2D eigenvalue weighted by molar-refractivity contribution is 5.92. The van der Waals surface area contributed by atoms with Gasteiger partial charge in [-0.2, -0.15) is 0 Å². The molecule has 0 bridgehead atoms. The first-order valence-electron chi connectivity index (χ1n) is 7.22. The summed E-state index contributed by atoms with van der Waals surface area (Å²) in [6.45, 7) is 4.47. The highest BCUT2D eigenvalue weighted by atomic mass is 16.3. The van der Waals surface area contributed by atoms with Crippen molar-refractivity contribution in [2.75, 3.05) is 6.61 Å². The van der Waals surface area contributed by atoms with E-state index >= 15 is 0 Å². The SMILES string of the molecule is CC(C)C(CO)N(Cc1ccccc1)C(=O)c1ccc[nH]1. The zero-order valence-electron chi connectivity index (χ0n) is 12.5. The summed E-state index contributed by atoms with van der Waals surface area (Å²) in [6.07, 6.45) is 1.73. The molecule has 2 N–H and O–H groups in total. The lowest BCUT2D eigenvalue weighted by atomic mass is 10.0. The molecule has 0 radical (unpaired) electrons. The van der Waals surface area contributed by atoms with E-state index in [1.54, 1.807) is 23.2 Å². The number of aliphatic hydroxyl groups excluding tert-OH is 1. The third-order valence-electron chi connectivity index (χ3n) is 3.64. The summed E-state index contributed by atoms with van der Waals surface area (Å²) in [5.74, 6) is 0.0919. The average molecular weight is 286 g/mol. The van der Waals surface area contributed by atoms with Crippen LogP contribution in [0.2, 0.25) is 0 Å². The fourth-order valence-corrected chi connectivity index (χ4v) is 2.41.